The molecule has 146 valence electrons. The number of amides is 1. The molecule has 0 fully saturated rings. The van der Waals surface area contributed by atoms with Crippen LogP contribution in [0.2, 0.25) is 5.02 Å². The average Bonchev–Trinajstić information content (AvgIpc) is 3.10. The molecule has 0 radical (unpaired) electrons. The first kappa shape index (κ1) is 20.2. The number of benzene rings is 2. The first-order valence-corrected chi connectivity index (χ1v) is 9.39. The molecule has 1 N–H and O–H groups in total. The highest BCUT2D eigenvalue weighted by Gasteiger charge is 2.20. The number of thioether (sulfide) groups is 1. The quantitative estimate of drug-likeness (QED) is 0.265. The van der Waals surface area contributed by atoms with E-state index in [-0.39, 0.29) is 22.3 Å². The molecule has 10 heteroatoms. The molecule has 0 bridgehead atoms. The van der Waals surface area contributed by atoms with Crippen molar-refractivity contribution in [3.05, 3.63) is 76.1 Å². The van der Waals surface area contributed by atoms with Gasteiger partial charge in [-0.2, -0.15) is 5.10 Å². The Balaban J connectivity index is 1.79. The lowest BCUT2D eigenvalue weighted by Gasteiger charge is -2.07. The molecular formula is C18H12ClF4N3OS. The summed E-state index contributed by atoms with van der Waals surface area (Å²) in [5.41, 5.74) is -0.200. The number of hydrogen-bond donors (Lipinski definition) is 1. The SMILES string of the molecule is CSc1ccc(Cl)c(C(=O)Nc2cnn(Cc3c(F)cc(F)c(F)c3F)c2)c1. The van der Waals surface area contributed by atoms with Crippen molar-refractivity contribution in [2.75, 3.05) is 11.6 Å². The van der Waals surface area contributed by atoms with Crippen molar-refractivity contribution in [2.24, 2.45) is 0 Å². The number of nitrogens with one attached hydrogen (secondary N) is 1. The largest absolute Gasteiger partial charge is 0.319 e. The lowest BCUT2D eigenvalue weighted by molar-refractivity contribution is 0.102. The van der Waals surface area contributed by atoms with Crippen molar-refractivity contribution >= 4 is 35.0 Å². The summed E-state index contributed by atoms with van der Waals surface area (Å²) in [6.45, 7) is -0.493. The van der Waals surface area contributed by atoms with E-state index in [1.165, 1.54) is 24.2 Å². The Bertz CT molecular complexity index is 1060. The molecule has 0 saturated carbocycles. The first-order valence-electron chi connectivity index (χ1n) is 7.79. The monoisotopic (exact) mass is 429 g/mol. The highest BCUT2D eigenvalue weighted by atomic mass is 35.5. The van der Waals surface area contributed by atoms with E-state index >= 15 is 0 Å². The number of hydrogen-bond acceptors (Lipinski definition) is 3. The number of carbonyl (C=O) groups excluding carboxylic acids is 1. The molecule has 0 aliphatic carbocycles. The Labute approximate surface area is 166 Å². The maximum Gasteiger partial charge on any atom is 0.257 e. The molecular weight excluding hydrogens is 418 g/mol. The number of anilines is 1. The third kappa shape index (κ3) is 4.15. The first-order chi connectivity index (χ1) is 13.3. The summed E-state index contributed by atoms with van der Waals surface area (Å²) in [4.78, 5) is 13.3. The number of rotatable bonds is 5. The van der Waals surface area contributed by atoms with Crippen LogP contribution in [-0.4, -0.2) is 21.9 Å². The topological polar surface area (TPSA) is 46.9 Å². The van der Waals surface area contributed by atoms with Gasteiger partial charge in [-0.15, -0.1) is 11.8 Å². The molecule has 1 aromatic heterocycles. The van der Waals surface area contributed by atoms with Gasteiger partial charge in [-0.25, -0.2) is 17.6 Å². The smallest absolute Gasteiger partial charge is 0.257 e. The molecule has 3 aromatic rings. The standard InChI is InChI=1S/C18H12ClF4N3OS/c1-28-10-2-3-13(19)11(4-10)18(27)25-9-6-24-26(7-9)8-12-14(20)5-15(21)17(23)16(12)22/h2-7H,8H2,1H3,(H,25,27). The van der Waals surface area contributed by atoms with Gasteiger partial charge in [-0.1, -0.05) is 11.6 Å². The van der Waals surface area contributed by atoms with Crippen LogP contribution in [0.25, 0.3) is 0 Å². The highest BCUT2D eigenvalue weighted by molar-refractivity contribution is 7.98. The number of halogens is 5. The van der Waals surface area contributed by atoms with Crippen molar-refractivity contribution in [1.29, 1.82) is 0 Å². The molecule has 1 amide bonds. The predicted octanol–water partition coefficient (Wildman–Crippen LogP) is 5.12. The molecule has 0 aliphatic heterocycles. The van der Waals surface area contributed by atoms with Crippen LogP contribution in [0.1, 0.15) is 15.9 Å². The molecule has 2 aromatic carbocycles. The second-order valence-electron chi connectivity index (χ2n) is 5.67. The third-order valence-electron chi connectivity index (χ3n) is 3.84. The van der Waals surface area contributed by atoms with E-state index in [1.807, 2.05) is 6.26 Å². The third-order valence-corrected chi connectivity index (χ3v) is 4.89. The van der Waals surface area contributed by atoms with Crippen LogP contribution in [0.15, 0.2) is 41.6 Å². The van der Waals surface area contributed by atoms with Crippen molar-refractivity contribution in [3.8, 4) is 0 Å². The fourth-order valence-electron chi connectivity index (χ4n) is 2.43. The van der Waals surface area contributed by atoms with Gasteiger partial charge < -0.3 is 5.32 Å². The maximum atomic E-state index is 13.8. The van der Waals surface area contributed by atoms with Crippen molar-refractivity contribution in [2.45, 2.75) is 11.4 Å². The molecule has 0 atom stereocenters. The van der Waals surface area contributed by atoms with Gasteiger partial charge in [0.15, 0.2) is 17.5 Å². The Morgan fingerprint density at radius 1 is 1.18 bits per heavy atom. The van der Waals surface area contributed by atoms with E-state index in [0.717, 1.165) is 9.58 Å². The second-order valence-corrected chi connectivity index (χ2v) is 6.96. The van der Waals surface area contributed by atoms with Gasteiger partial charge in [0.1, 0.15) is 5.82 Å². The Hall–Kier alpha value is -2.52. The average molecular weight is 430 g/mol. The molecule has 0 unspecified atom stereocenters. The van der Waals surface area contributed by atoms with Crippen LogP contribution in [0.4, 0.5) is 23.2 Å². The summed E-state index contributed by atoms with van der Waals surface area (Å²) < 4.78 is 55.0. The van der Waals surface area contributed by atoms with Gasteiger partial charge >= 0.3 is 0 Å². The van der Waals surface area contributed by atoms with E-state index in [9.17, 15) is 22.4 Å². The van der Waals surface area contributed by atoms with Gasteiger partial charge in [0, 0.05) is 22.7 Å². The number of aromatic nitrogens is 2. The van der Waals surface area contributed by atoms with Crippen LogP contribution in [0.5, 0.6) is 0 Å². The zero-order valence-corrected chi connectivity index (χ0v) is 15.8. The molecule has 0 aliphatic rings. The molecule has 0 saturated heterocycles. The summed E-state index contributed by atoms with van der Waals surface area (Å²) in [5.74, 6) is -6.74. The van der Waals surface area contributed by atoms with E-state index in [2.05, 4.69) is 10.4 Å². The molecule has 3 rings (SSSR count). The van der Waals surface area contributed by atoms with Crippen molar-refractivity contribution in [1.82, 2.24) is 9.78 Å². The fraction of sp³-hybridized carbons (Fsp3) is 0.111. The Morgan fingerprint density at radius 2 is 1.93 bits per heavy atom. The van der Waals surface area contributed by atoms with Gasteiger partial charge in [0.25, 0.3) is 5.91 Å². The van der Waals surface area contributed by atoms with E-state index in [4.69, 9.17) is 11.6 Å². The zero-order chi connectivity index (χ0) is 20.4. The summed E-state index contributed by atoms with van der Waals surface area (Å²) in [5, 5.41) is 6.69. The maximum absolute atomic E-state index is 13.8. The van der Waals surface area contributed by atoms with Crippen LogP contribution >= 0.6 is 23.4 Å². The minimum Gasteiger partial charge on any atom is -0.319 e. The normalized spacial score (nSPS) is 10.9. The zero-order valence-electron chi connectivity index (χ0n) is 14.3. The minimum atomic E-state index is -1.76. The molecule has 4 nitrogen and oxygen atoms in total. The molecule has 1 heterocycles. The Morgan fingerprint density at radius 3 is 2.64 bits per heavy atom. The van der Waals surface area contributed by atoms with Gasteiger partial charge in [0.05, 0.1) is 29.0 Å². The highest BCUT2D eigenvalue weighted by Crippen LogP contribution is 2.24. The van der Waals surface area contributed by atoms with Crippen molar-refractivity contribution < 1.29 is 22.4 Å². The van der Waals surface area contributed by atoms with Gasteiger partial charge in [-0.05, 0) is 24.5 Å². The van der Waals surface area contributed by atoms with Crippen LogP contribution < -0.4 is 5.32 Å². The van der Waals surface area contributed by atoms with Crippen LogP contribution in [0.3, 0.4) is 0 Å². The van der Waals surface area contributed by atoms with E-state index < -0.39 is 41.3 Å². The number of carbonyl (C=O) groups is 1. The molecule has 28 heavy (non-hydrogen) atoms. The summed E-state index contributed by atoms with van der Waals surface area (Å²) in [7, 11) is 0. The summed E-state index contributed by atoms with van der Waals surface area (Å²) in [6.07, 6.45) is 4.40. The van der Waals surface area contributed by atoms with Crippen LogP contribution in [0, 0.1) is 23.3 Å². The summed E-state index contributed by atoms with van der Waals surface area (Å²) in [6, 6.07) is 5.26. The Kier molecular flexibility index (Phi) is 5.95. The number of nitrogens with zero attached hydrogens (tertiary/aromatic N) is 2. The van der Waals surface area contributed by atoms with Gasteiger partial charge in [-0.3, -0.25) is 9.48 Å². The lowest BCUT2D eigenvalue weighted by atomic mass is 10.2. The van der Waals surface area contributed by atoms with Crippen molar-refractivity contribution in [3.63, 3.8) is 0 Å². The minimum absolute atomic E-state index is 0.235. The van der Waals surface area contributed by atoms with Crippen LogP contribution in [-0.2, 0) is 6.54 Å². The predicted molar refractivity (Wildman–Crippen MR) is 98.8 cm³/mol. The van der Waals surface area contributed by atoms with Gasteiger partial charge in [0.2, 0.25) is 0 Å². The second kappa shape index (κ2) is 8.24. The van der Waals surface area contributed by atoms with E-state index in [0.29, 0.717) is 0 Å². The molecule has 0 spiro atoms. The summed E-state index contributed by atoms with van der Waals surface area (Å²) >= 11 is 7.49. The fourth-order valence-corrected chi connectivity index (χ4v) is 3.07. The lowest BCUT2D eigenvalue weighted by Crippen LogP contribution is -2.12. The van der Waals surface area contributed by atoms with E-state index in [1.54, 1.807) is 18.2 Å².